The van der Waals surface area contributed by atoms with Crippen LogP contribution in [0.25, 0.3) is 107 Å². The highest BCUT2D eigenvalue weighted by molar-refractivity contribution is 6.10. The Morgan fingerprint density at radius 3 is 1.41 bits per heavy atom. The van der Waals surface area contributed by atoms with Crippen molar-refractivity contribution in [3.63, 3.8) is 0 Å². The molecule has 0 amide bonds. The molecule has 0 saturated carbocycles. The predicted octanol–water partition coefficient (Wildman–Crippen LogP) is 16.7. The Balaban J connectivity index is 1.21. The smallest absolute Gasteiger partial charge is 0.308 e. The summed E-state index contributed by atoms with van der Waals surface area (Å²) in [6.45, 7) is 0. The van der Waals surface area contributed by atoms with E-state index in [0.29, 0.717) is 62.4 Å². The molecule has 0 saturated heterocycles. The van der Waals surface area contributed by atoms with Gasteiger partial charge in [0.1, 0.15) is 0 Å². The average molecular weight is 1130 g/mol. The second kappa shape index (κ2) is 20.7. The Bertz CT molecular complexity index is 4250. The van der Waals surface area contributed by atoms with Crippen molar-refractivity contribution in [1.29, 1.82) is 0 Å². The number of nitrogens with zero attached hydrogens (tertiary/aromatic N) is 6. The lowest BCUT2D eigenvalue weighted by molar-refractivity contribution is -0.147. The molecule has 1 unspecified atom stereocenters. The van der Waals surface area contributed by atoms with Crippen molar-refractivity contribution in [3.05, 3.63) is 240 Å². The van der Waals surface area contributed by atoms with Gasteiger partial charge < -0.3 is 4.57 Å². The Hall–Kier alpha value is -9.71. The van der Waals surface area contributed by atoms with Gasteiger partial charge in [-0.2, -0.15) is 52.7 Å². The highest BCUT2D eigenvalue weighted by Crippen LogP contribution is 2.45. The zero-order chi connectivity index (χ0) is 58.0. The number of halogens is 12. The first-order valence-corrected chi connectivity index (χ1v) is 25.6. The number of hydrogen-bond acceptors (Lipinski definition) is 5. The number of hydrogen-bond donors (Lipinski definition) is 0. The van der Waals surface area contributed by atoms with Gasteiger partial charge in [-0.15, -0.1) is 0 Å². The molecule has 18 heteroatoms. The molecule has 412 valence electrons. The van der Waals surface area contributed by atoms with E-state index in [2.05, 4.69) is 0 Å². The van der Waals surface area contributed by atoms with Crippen LogP contribution < -0.4 is 10.4 Å². The summed E-state index contributed by atoms with van der Waals surface area (Å²) in [6.07, 6.45) is -19.3. The quantitative estimate of drug-likeness (QED) is 0.149. The van der Waals surface area contributed by atoms with Gasteiger partial charge in [0.2, 0.25) is 0 Å². The van der Waals surface area contributed by atoms with E-state index in [1.54, 1.807) is 89.5 Å². The first-order valence-electron chi connectivity index (χ1n) is 25.6. The van der Waals surface area contributed by atoms with E-state index in [1.807, 2.05) is 60.7 Å². The van der Waals surface area contributed by atoms with E-state index in [4.69, 9.17) is 24.9 Å². The fourth-order valence-electron chi connectivity index (χ4n) is 10.4. The third kappa shape index (κ3) is 10.6. The topological polar surface area (TPSA) is 69.4 Å². The molecular formula is C65H38F12N6. The van der Waals surface area contributed by atoms with Gasteiger partial charge in [0, 0.05) is 44.2 Å². The summed E-state index contributed by atoms with van der Waals surface area (Å²) in [4.78, 5) is 25.0. The lowest BCUT2D eigenvalue weighted by Crippen LogP contribution is -2.29. The zero-order valence-corrected chi connectivity index (χ0v) is 42.7. The molecule has 3 heterocycles. The van der Waals surface area contributed by atoms with E-state index in [-0.39, 0.29) is 62.3 Å². The molecule has 12 rings (SSSR count). The average Bonchev–Trinajstić information content (AvgIpc) is 2.88. The maximum absolute atomic E-state index is 15.0. The van der Waals surface area contributed by atoms with E-state index < -0.39 is 64.9 Å². The fraction of sp³-hybridized carbons (Fsp3) is 0.0923. The van der Waals surface area contributed by atoms with Crippen molar-refractivity contribution in [2.45, 2.75) is 31.1 Å². The number of fused-ring (bicyclic) bond motifs is 3. The fourth-order valence-corrected chi connectivity index (χ4v) is 10.4. The Morgan fingerprint density at radius 1 is 0.410 bits per heavy atom. The summed E-state index contributed by atoms with van der Waals surface area (Å²) < 4.78 is 176. The molecule has 10 aromatic rings. The van der Waals surface area contributed by atoms with Gasteiger partial charge in [-0.05, 0) is 70.5 Å². The maximum atomic E-state index is 15.0. The van der Waals surface area contributed by atoms with Crippen molar-refractivity contribution >= 4 is 33.0 Å². The van der Waals surface area contributed by atoms with Gasteiger partial charge in [0.25, 0.3) is 0 Å². The van der Waals surface area contributed by atoms with E-state index in [0.717, 1.165) is 11.6 Å². The normalized spacial score (nSPS) is 16.5. The summed E-state index contributed by atoms with van der Waals surface area (Å²) in [5.41, 5.74) is -0.817. The number of allylic oxidation sites excluding steroid dienone is 8. The van der Waals surface area contributed by atoms with Crippen LogP contribution in [-0.2, 0) is 0 Å². The highest BCUT2D eigenvalue weighted by Gasteiger charge is 2.45. The molecule has 0 spiro atoms. The van der Waals surface area contributed by atoms with Crippen LogP contribution in [-0.4, -0.2) is 54.2 Å². The molecule has 2 aliphatic carbocycles. The third-order valence-electron chi connectivity index (χ3n) is 14.3. The second-order valence-electron chi connectivity index (χ2n) is 19.6. The van der Waals surface area contributed by atoms with Crippen molar-refractivity contribution in [2.24, 2.45) is 5.92 Å². The van der Waals surface area contributed by atoms with Crippen LogP contribution in [0.15, 0.2) is 229 Å². The molecule has 0 radical (unpaired) electrons. The largest absolute Gasteiger partial charge is 0.416 e. The Kier molecular flexibility index (Phi) is 13.4. The number of rotatable bonds is 7. The van der Waals surface area contributed by atoms with Gasteiger partial charge in [-0.3, -0.25) is 0 Å². The second-order valence-corrected chi connectivity index (χ2v) is 19.6. The zero-order valence-electron chi connectivity index (χ0n) is 42.7. The van der Waals surface area contributed by atoms with Crippen LogP contribution in [0, 0.1) is 5.92 Å². The number of benzene rings is 7. The lowest BCUT2D eigenvalue weighted by Gasteiger charge is -2.24. The van der Waals surface area contributed by atoms with Crippen LogP contribution in [0.1, 0.15) is 6.42 Å². The minimum absolute atomic E-state index is 0.0396. The van der Waals surface area contributed by atoms with Crippen LogP contribution in [0.2, 0.25) is 0 Å². The van der Waals surface area contributed by atoms with Crippen LogP contribution in [0.5, 0.6) is 0 Å². The van der Waals surface area contributed by atoms with Crippen LogP contribution in [0.3, 0.4) is 0 Å². The highest BCUT2D eigenvalue weighted by atomic mass is 19.4. The SMILES string of the molecule is FC(F)(F)C1=CCC(=c2ccc3c4ccc(=C5C=CC(C(F)(F)F)=CC5C(F)(F)F)cc4n(-c4ccc(-c5cc(-c6ccccc6)nc(-c6ccccc6)n5)cc4-c4nc(-c5ccccc5)nc(-c5ccccc5)n4)c3c2)C(C(F)(F)F)=C1. The minimum atomic E-state index is -5.26. The van der Waals surface area contributed by atoms with Crippen molar-refractivity contribution in [1.82, 2.24) is 29.5 Å². The monoisotopic (exact) mass is 1130 g/mol. The first kappa shape index (κ1) is 53.9. The summed E-state index contributed by atoms with van der Waals surface area (Å²) >= 11 is 0. The van der Waals surface area contributed by atoms with Crippen molar-refractivity contribution in [2.75, 3.05) is 0 Å². The molecular weight excluding hydrogens is 1090 g/mol. The Labute approximate surface area is 463 Å². The molecule has 1 atom stereocenters. The predicted molar refractivity (Wildman–Crippen MR) is 294 cm³/mol. The van der Waals surface area contributed by atoms with Crippen LogP contribution >= 0.6 is 0 Å². The number of aromatic nitrogens is 6. The van der Waals surface area contributed by atoms with E-state index in [9.17, 15) is 39.5 Å². The number of alkyl halides is 12. The molecule has 7 aromatic carbocycles. The molecule has 2 aliphatic rings. The van der Waals surface area contributed by atoms with Gasteiger partial charge in [-0.1, -0.05) is 170 Å². The van der Waals surface area contributed by atoms with Gasteiger partial charge >= 0.3 is 24.7 Å². The molecule has 0 fully saturated rings. The van der Waals surface area contributed by atoms with Crippen molar-refractivity contribution in [3.8, 4) is 73.8 Å². The van der Waals surface area contributed by atoms with E-state index in [1.165, 1.54) is 36.4 Å². The summed E-state index contributed by atoms with van der Waals surface area (Å²) in [5.74, 6) is -1.89. The lowest BCUT2D eigenvalue weighted by atomic mass is 9.88. The molecule has 0 N–H and O–H groups in total. The minimum Gasteiger partial charge on any atom is -0.308 e. The summed E-state index contributed by atoms with van der Waals surface area (Å²) in [6, 6.07) is 51.6. The van der Waals surface area contributed by atoms with E-state index >= 15 is 13.2 Å². The Morgan fingerprint density at radius 2 is 0.892 bits per heavy atom. The summed E-state index contributed by atoms with van der Waals surface area (Å²) in [7, 11) is 0. The third-order valence-corrected chi connectivity index (χ3v) is 14.3. The molecule has 83 heavy (non-hydrogen) atoms. The standard InChI is InChI=1S/C65H38F12N6/c66-62(67,68)44-24-28-46(51(34-44)64(72,73)74)41-21-26-48-49-27-22-42(47-29-25-45(63(69,70)71)35-52(47)65(75,76)77)33-57(49)83(56(48)32-41)55-30-23-43(54-36-53(37-13-5-1-6-14-37)78-58(79-54)38-15-7-2-8-16-38)31-50(55)61-81-59(39-17-9-3-10-18-39)80-60(82-61)40-19-11-4-12-20-40/h1-28,30-36,51H,29H2. The molecule has 0 aliphatic heterocycles. The van der Waals surface area contributed by atoms with Crippen molar-refractivity contribution < 1.29 is 52.7 Å². The molecule has 3 aromatic heterocycles. The molecule has 6 nitrogen and oxygen atoms in total. The summed E-state index contributed by atoms with van der Waals surface area (Å²) in [5, 5.41) is 0.392. The van der Waals surface area contributed by atoms with Gasteiger partial charge in [0.05, 0.1) is 50.7 Å². The maximum Gasteiger partial charge on any atom is 0.416 e. The first-order chi connectivity index (χ1) is 39.7. The van der Waals surface area contributed by atoms with Gasteiger partial charge in [0.15, 0.2) is 23.3 Å². The molecule has 0 bridgehead atoms. The van der Waals surface area contributed by atoms with Crippen LogP contribution in [0.4, 0.5) is 52.7 Å². The van der Waals surface area contributed by atoms with Gasteiger partial charge in [-0.25, -0.2) is 24.9 Å².